The van der Waals surface area contributed by atoms with Crippen LogP contribution < -0.4 is 5.32 Å². The molecule has 0 unspecified atom stereocenters. The van der Waals surface area contributed by atoms with E-state index >= 15 is 0 Å². The van der Waals surface area contributed by atoms with Crippen LogP contribution in [0.5, 0.6) is 0 Å². The van der Waals surface area contributed by atoms with Crippen LogP contribution >= 0.6 is 0 Å². The predicted octanol–water partition coefficient (Wildman–Crippen LogP) is 2.93. The maximum atomic E-state index is 11.9. The second-order valence-electron chi connectivity index (χ2n) is 5.73. The van der Waals surface area contributed by atoms with Crippen LogP contribution in [0, 0.1) is 13.8 Å². The van der Waals surface area contributed by atoms with Crippen molar-refractivity contribution < 1.29 is 8.42 Å². The second-order valence-corrected chi connectivity index (χ2v) is 8.60. The van der Waals surface area contributed by atoms with Gasteiger partial charge in [0, 0.05) is 12.2 Å². The van der Waals surface area contributed by atoms with Crippen LogP contribution in [0.15, 0.2) is 18.2 Å². The summed E-state index contributed by atoms with van der Waals surface area (Å²) in [4.78, 5) is 0. The lowest BCUT2D eigenvalue weighted by Gasteiger charge is -2.19. The number of aryl methyl sites for hydroxylation is 2. The van der Waals surface area contributed by atoms with Gasteiger partial charge in [0.2, 0.25) is 0 Å². The van der Waals surface area contributed by atoms with Crippen molar-refractivity contribution in [2.24, 2.45) is 0 Å². The molecule has 0 spiro atoms. The van der Waals surface area contributed by atoms with Crippen molar-refractivity contribution in [2.45, 2.75) is 39.4 Å². The van der Waals surface area contributed by atoms with Crippen LogP contribution in [0.3, 0.4) is 0 Å². The molecule has 0 radical (unpaired) electrons. The van der Waals surface area contributed by atoms with Crippen molar-refractivity contribution in [2.75, 3.05) is 17.6 Å². The number of hydrogen-bond acceptors (Lipinski definition) is 3. The van der Waals surface area contributed by atoms with E-state index in [0.29, 0.717) is 6.54 Å². The smallest absolute Gasteiger partial charge is 0.156 e. The maximum absolute atomic E-state index is 11.9. The SMILES string of the molecule is Cc1cc(C)cc(NCCS(=O)(=O)C(C)(C)C)c1. The molecule has 0 bridgehead atoms. The summed E-state index contributed by atoms with van der Waals surface area (Å²) >= 11 is 0. The summed E-state index contributed by atoms with van der Waals surface area (Å²) in [7, 11) is -3.05. The number of nitrogens with one attached hydrogen (secondary N) is 1. The van der Waals surface area contributed by atoms with Crippen LogP contribution in [-0.4, -0.2) is 25.5 Å². The van der Waals surface area contributed by atoms with Crippen LogP contribution in [0.25, 0.3) is 0 Å². The minimum absolute atomic E-state index is 0.156. The van der Waals surface area contributed by atoms with E-state index in [1.54, 1.807) is 20.8 Å². The lowest BCUT2D eigenvalue weighted by atomic mass is 10.1. The number of rotatable bonds is 4. The first-order valence-electron chi connectivity index (χ1n) is 6.16. The minimum Gasteiger partial charge on any atom is -0.384 e. The lowest BCUT2D eigenvalue weighted by molar-refractivity contribution is 0.560. The van der Waals surface area contributed by atoms with Crippen LogP contribution in [0.1, 0.15) is 31.9 Å². The van der Waals surface area contributed by atoms with Gasteiger partial charge < -0.3 is 5.32 Å². The molecule has 0 aliphatic heterocycles. The monoisotopic (exact) mass is 269 g/mol. The Kier molecular flexibility index (Phi) is 4.43. The summed E-state index contributed by atoms with van der Waals surface area (Å²) in [6, 6.07) is 6.14. The van der Waals surface area contributed by atoms with Gasteiger partial charge in [-0.2, -0.15) is 0 Å². The highest BCUT2D eigenvalue weighted by Gasteiger charge is 2.28. The molecular formula is C14H23NO2S. The lowest BCUT2D eigenvalue weighted by Crippen LogP contribution is -2.32. The first-order valence-corrected chi connectivity index (χ1v) is 7.81. The minimum atomic E-state index is -3.05. The molecule has 0 amide bonds. The first-order chi connectivity index (χ1) is 8.12. The van der Waals surface area contributed by atoms with Gasteiger partial charge in [-0.3, -0.25) is 0 Å². The normalized spacial score (nSPS) is 12.5. The van der Waals surface area contributed by atoms with E-state index in [1.165, 1.54) is 11.1 Å². The standard InChI is InChI=1S/C14H23NO2S/c1-11-8-12(2)10-13(9-11)15-6-7-18(16,17)14(3,4)5/h8-10,15H,6-7H2,1-5H3. The van der Waals surface area contributed by atoms with Gasteiger partial charge in [0.05, 0.1) is 10.5 Å². The molecule has 0 fully saturated rings. The summed E-state index contributed by atoms with van der Waals surface area (Å²) in [5, 5.41) is 3.18. The van der Waals surface area contributed by atoms with Crippen LogP contribution in [0.2, 0.25) is 0 Å². The highest BCUT2D eigenvalue weighted by molar-refractivity contribution is 7.92. The average molecular weight is 269 g/mol. The Morgan fingerprint density at radius 1 is 1.06 bits per heavy atom. The third-order valence-electron chi connectivity index (χ3n) is 2.85. The van der Waals surface area contributed by atoms with E-state index in [1.807, 2.05) is 26.0 Å². The van der Waals surface area contributed by atoms with Crippen LogP contribution in [0.4, 0.5) is 5.69 Å². The predicted molar refractivity (Wildman–Crippen MR) is 77.9 cm³/mol. The number of anilines is 1. The molecule has 0 atom stereocenters. The van der Waals surface area contributed by atoms with E-state index in [4.69, 9.17) is 0 Å². The van der Waals surface area contributed by atoms with Gasteiger partial charge in [0.25, 0.3) is 0 Å². The molecule has 0 saturated carbocycles. The summed E-state index contributed by atoms with van der Waals surface area (Å²) in [5.41, 5.74) is 3.34. The Labute approximate surface area is 111 Å². The Bertz CT molecular complexity index is 493. The molecule has 0 aliphatic carbocycles. The molecule has 0 saturated heterocycles. The fourth-order valence-electron chi connectivity index (χ4n) is 1.71. The van der Waals surface area contributed by atoms with E-state index in [9.17, 15) is 8.42 Å². The van der Waals surface area contributed by atoms with Gasteiger partial charge >= 0.3 is 0 Å². The molecule has 102 valence electrons. The maximum Gasteiger partial charge on any atom is 0.156 e. The molecule has 18 heavy (non-hydrogen) atoms. The number of hydrogen-bond donors (Lipinski definition) is 1. The third kappa shape index (κ3) is 4.02. The van der Waals surface area contributed by atoms with Crippen molar-refractivity contribution in [3.63, 3.8) is 0 Å². The second kappa shape index (κ2) is 5.31. The summed E-state index contributed by atoms with van der Waals surface area (Å²) < 4.78 is 23.2. The highest BCUT2D eigenvalue weighted by Crippen LogP contribution is 2.17. The summed E-state index contributed by atoms with van der Waals surface area (Å²) in [5.74, 6) is 0.156. The fraction of sp³-hybridized carbons (Fsp3) is 0.571. The van der Waals surface area contributed by atoms with Gasteiger partial charge in [0.15, 0.2) is 9.84 Å². The van der Waals surface area contributed by atoms with Crippen molar-refractivity contribution in [3.05, 3.63) is 29.3 Å². The Morgan fingerprint density at radius 2 is 1.56 bits per heavy atom. The van der Waals surface area contributed by atoms with E-state index in [-0.39, 0.29) is 5.75 Å². The number of benzene rings is 1. The van der Waals surface area contributed by atoms with Crippen molar-refractivity contribution in [3.8, 4) is 0 Å². The topological polar surface area (TPSA) is 46.2 Å². The molecule has 1 rings (SSSR count). The number of sulfone groups is 1. The first kappa shape index (κ1) is 15.0. The fourth-order valence-corrected chi connectivity index (χ4v) is 2.70. The molecule has 4 heteroatoms. The van der Waals surface area contributed by atoms with Gasteiger partial charge in [-0.05, 0) is 57.9 Å². The molecule has 1 aromatic rings. The molecule has 0 heterocycles. The van der Waals surface area contributed by atoms with E-state index < -0.39 is 14.6 Å². The Hall–Kier alpha value is -1.03. The van der Waals surface area contributed by atoms with Crippen molar-refractivity contribution in [1.82, 2.24) is 0 Å². The summed E-state index contributed by atoms with van der Waals surface area (Å²) in [6.07, 6.45) is 0. The van der Waals surface area contributed by atoms with Gasteiger partial charge in [-0.25, -0.2) is 8.42 Å². The highest BCUT2D eigenvalue weighted by atomic mass is 32.2. The molecule has 0 aliphatic rings. The molecule has 1 aromatic carbocycles. The van der Waals surface area contributed by atoms with E-state index in [0.717, 1.165) is 5.69 Å². The molecule has 1 N–H and O–H groups in total. The average Bonchev–Trinajstić information content (AvgIpc) is 2.13. The zero-order valence-corrected chi connectivity index (χ0v) is 12.7. The molecular weight excluding hydrogens is 246 g/mol. The summed E-state index contributed by atoms with van der Waals surface area (Å²) in [6.45, 7) is 9.72. The Morgan fingerprint density at radius 3 is 2.00 bits per heavy atom. The third-order valence-corrected chi connectivity index (χ3v) is 5.46. The molecule has 0 aromatic heterocycles. The van der Waals surface area contributed by atoms with Crippen molar-refractivity contribution >= 4 is 15.5 Å². The van der Waals surface area contributed by atoms with Gasteiger partial charge in [-0.15, -0.1) is 0 Å². The Balaban J connectivity index is 2.63. The van der Waals surface area contributed by atoms with Crippen LogP contribution in [-0.2, 0) is 9.84 Å². The molecule has 3 nitrogen and oxygen atoms in total. The van der Waals surface area contributed by atoms with Gasteiger partial charge in [0.1, 0.15) is 0 Å². The quantitative estimate of drug-likeness (QED) is 0.914. The van der Waals surface area contributed by atoms with Gasteiger partial charge in [-0.1, -0.05) is 6.07 Å². The van der Waals surface area contributed by atoms with Crippen molar-refractivity contribution in [1.29, 1.82) is 0 Å². The zero-order valence-electron chi connectivity index (χ0n) is 11.9. The largest absolute Gasteiger partial charge is 0.384 e. The zero-order chi connectivity index (χ0) is 14.0. The van der Waals surface area contributed by atoms with E-state index in [2.05, 4.69) is 11.4 Å².